The zero-order valence-electron chi connectivity index (χ0n) is 10.9. The molecule has 0 radical (unpaired) electrons. The molecule has 0 aromatic heterocycles. The number of methoxy groups -OCH3 is 1. The Hall–Kier alpha value is -2.17. The van der Waals surface area contributed by atoms with Crippen molar-refractivity contribution in [2.45, 2.75) is 0 Å². The lowest BCUT2D eigenvalue weighted by molar-refractivity contribution is -0.114. The molecule has 20 heavy (non-hydrogen) atoms. The van der Waals surface area contributed by atoms with Gasteiger partial charge in [-0.3, -0.25) is 4.79 Å². The monoisotopic (exact) mass is 294 g/mol. The third kappa shape index (κ3) is 5.22. The third-order valence-corrected chi connectivity index (χ3v) is 3.52. The van der Waals surface area contributed by atoms with Crippen molar-refractivity contribution in [1.29, 1.82) is 5.26 Å². The smallest absolute Gasteiger partial charge is 0.257 e. The van der Waals surface area contributed by atoms with Gasteiger partial charge in [-0.25, -0.2) is 13.1 Å². The van der Waals surface area contributed by atoms with Crippen LogP contribution in [0.5, 0.6) is 0 Å². The Balaban J connectivity index is 2.72. The summed E-state index contributed by atoms with van der Waals surface area (Å²) < 4.78 is 29.4. The van der Waals surface area contributed by atoms with E-state index in [-0.39, 0.29) is 12.4 Å². The fraction of sp³-hybridized carbons (Fsp3) is 0.231. The minimum Gasteiger partial charge on any atom is -0.384 e. The van der Waals surface area contributed by atoms with Gasteiger partial charge in [0.1, 0.15) is 0 Å². The van der Waals surface area contributed by atoms with E-state index in [0.717, 1.165) is 6.08 Å². The zero-order chi connectivity index (χ0) is 15.0. The average molecular weight is 294 g/mol. The zero-order valence-corrected chi connectivity index (χ0v) is 11.7. The van der Waals surface area contributed by atoms with E-state index >= 15 is 0 Å². The highest BCUT2D eigenvalue weighted by Crippen LogP contribution is 2.08. The summed E-state index contributed by atoms with van der Waals surface area (Å²) in [6, 6.07) is 8.65. The van der Waals surface area contributed by atoms with Crippen LogP contribution in [0.3, 0.4) is 0 Å². The molecule has 0 aliphatic heterocycles. The number of sulfonamides is 1. The summed E-state index contributed by atoms with van der Waals surface area (Å²) >= 11 is 0. The lowest BCUT2D eigenvalue weighted by Gasteiger charge is -2.03. The molecule has 0 aliphatic rings. The molecule has 0 spiro atoms. The first-order valence-electron chi connectivity index (χ1n) is 5.69. The molecule has 0 heterocycles. The predicted octanol–water partition coefficient (Wildman–Crippen LogP) is 0.664. The second-order valence-electron chi connectivity index (χ2n) is 3.81. The fourth-order valence-electron chi connectivity index (χ4n) is 1.34. The van der Waals surface area contributed by atoms with Crippen LogP contribution in [0.15, 0.2) is 30.3 Å². The minimum absolute atomic E-state index is 0.00356. The molecule has 6 nitrogen and oxygen atoms in total. The summed E-state index contributed by atoms with van der Waals surface area (Å²) in [7, 11) is -2.33. The van der Waals surface area contributed by atoms with Gasteiger partial charge >= 0.3 is 0 Å². The molecule has 1 aromatic rings. The topological polar surface area (TPSA) is 96.3 Å². The number of carbonyl (C=O) groups is 1. The molecule has 0 fully saturated rings. The van der Waals surface area contributed by atoms with E-state index in [1.807, 2.05) is 10.8 Å². The molecule has 1 aromatic carbocycles. The summed E-state index contributed by atoms with van der Waals surface area (Å²) in [4.78, 5) is 11.5. The highest BCUT2D eigenvalue weighted by molar-refractivity contribution is 7.90. The highest BCUT2D eigenvalue weighted by Gasteiger charge is 2.12. The minimum atomic E-state index is -3.70. The quantitative estimate of drug-likeness (QED) is 0.778. The number of nitriles is 1. The maximum Gasteiger partial charge on any atom is 0.257 e. The van der Waals surface area contributed by atoms with E-state index in [1.54, 1.807) is 24.3 Å². The van der Waals surface area contributed by atoms with Gasteiger partial charge in [0, 0.05) is 13.2 Å². The number of benzene rings is 1. The molecule has 1 amide bonds. The van der Waals surface area contributed by atoms with Crippen LogP contribution in [0.1, 0.15) is 11.1 Å². The van der Waals surface area contributed by atoms with Crippen molar-refractivity contribution in [2.24, 2.45) is 0 Å². The van der Waals surface area contributed by atoms with Crippen LogP contribution in [0.25, 0.3) is 6.08 Å². The Morgan fingerprint density at radius 3 is 2.80 bits per heavy atom. The molecular formula is C13H14N2O4S. The summed E-state index contributed by atoms with van der Waals surface area (Å²) in [6.07, 6.45) is 2.46. The number of ether oxygens (including phenoxy) is 1. The van der Waals surface area contributed by atoms with Gasteiger partial charge in [-0.05, 0) is 17.7 Å². The van der Waals surface area contributed by atoms with E-state index < -0.39 is 15.9 Å². The second-order valence-corrected chi connectivity index (χ2v) is 5.65. The first-order chi connectivity index (χ1) is 9.48. The summed E-state index contributed by atoms with van der Waals surface area (Å²) in [6.45, 7) is 0.00356. The summed E-state index contributed by atoms with van der Waals surface area (Å²) in [5.74, 6) is -1.06. The molecule has 0 unspecified atom stereocenters. The van der Waals surface area contributed by atoms with Gasteiger partial charge in [0.05, 0.1) is 24.0 Å². The number of amides is 1. The molecule has 0 bridgehead atoms. The number of nitrogens with one attached hydrogen (secondary N) is 1. The molecule has 1 N–H and O–H groups in total. The Morgan fingerprint density at radius 2 is 2.15 bits per heavy atom. The number of carbonyl (C=O) groups excluding carboxylic acids is 1. The van der Waals surface area contributed by atoms with E-state index in [1.165, 1.54) is 13.2 Å². The van der Waals surface area contributed by atoms with E-state index in [0.29, 0.717) is 11.1 Å². The normalized spacial score (nSPS) is 11.2. The molecular weight excluding hydrogens is 280 g/mol. The molecule has 1 rings (SSSR count). The number of rotatable bonds is 6. The SMILES string of the molecule is COCCS(=O)(=O)NC(=O)/C=C/c1ccccc1C#N. The van der Waals surface area contributed by atoms with Crippen molar-refractivity contribution < 1.29 is 17.9 Å². The maximum absolute atomic E-state index is 11.5. The first kappa shape index (κ1) is 15.9. The molecule has 0 atom stereocenters. The third-order valence-electron chi connectivity index (χ3n) is 2.31. The van der Waals surface area contributed by atoms with Gasteiger partial charge in [0.15, 0.2) is 0 Å². The van der Waals surface area contributed by atoms with Crippen LogP contribution in [-0.2, 0) is 19.6 Å². The second kappa shape index (κ2) is 7.43. The van der Waals surface area contributed by atoms with Gasteiger partial charge in [-0.15, -0.1) is 0 Å². The van der Waals surface area contributed by atoms with E-state index in [2.05, 4.69) is 4.74 Å². The Morgan fingerprint density at radius 1 is 1.45 bits per heavy atom. The van der Waals surface area contributed by atoms with Crippen molar-refractivity contribution in [3.8, 4) is 6.07 Å². The van der Waals surface area contributed by atoms with Gasteiger partial charge in [0.2, 0.25) is 10.0 Å². The average Bonchev–Trinajstić information content (AvgIpc) is 2.42. The van der Waals surface area contributed by atoms with Crippen LogP contribution in [0.4, 0.5) is 0 Å². The van der Waals surface area contributed by atoms with E-state index in [4.69, 9.17) is 5.26 Å². The largest absolute Gasteiger partial charge is 0.384 e. The molecule has 7 heteroatoms. The molecule has 0 saturated carbocycles. The Bertz CT molecular complexity index is 645. The Labute approximate surface area is 117 Å². The van der Waals surface area contributed by atoms with Crippen LogP contribution in [0.2, 0.25) is 0 Å². The highest BCUT2D eigenvalue weighted by atomic mass is 32.2. The maximum atomic E-state index is 11.5. The van der Waals surface area contributed by atoms with E-state index in [9.17, 15) is 13.2 Å². The number of hydrogen-bond acceptors (Lipinski definition) is 5. The van der Waals surface area contributed by atoms with Gasteiger partial charge in [-0.2, -0.15) is 5.26 Å². The number of hydrogen-bond donors (Lipinski definition) is 1. The van der Waals surface area contributed by atoms with Gasteiger partial charge in [0.25, 0.3) is 5.91 Å². The van der Waals surface area contributed by atoms with Crippen LogP contribution in [-0.4, -0.2) is 33.8 Å². The van der Waals surface area contributed by atoms with Crippen LogP contribution in [0, 0.1) is 11.3 Å². The van der Waals surface area contributed by atoms with Gasteiger partial charge in [-0.1, -0.05) is 18.2 Å². The number of nitrogens with zero attached hydrogens (tertiary/aromatic N) is 1. The molecule has 0 saturated heterocycles. The van der Waals surface area contributed by atoms with Crippen LogP contribution >= 0.6 is 0 Å². The lowest BCUT2D eigenvalue weighted by Crippen LogP contribution is -2.32. The van der Waals surface area contributed by atoms with Crippen molar-refractivity contribution in [1.82, 2.24) is 4.72 Å². The van der Waals surface area contributed by atoms with Crippen molar-refractivity contribution in [3.63, 3.8) is 0 Å². The van der Waals surface area contributed by atoms with Crippen molar-refractivity contribution >= 4 is 22.0 Å². The lowest BCUT2D eigenvalue weighted by atomic mass is 10.1. The molecule has 106 valence electrons. The van der Waals surface area contributed by atoms with Crippen molar-refractivity contribution in [2.75, 3.05) is 19.5 Å². The Kier molecular flexibility index (Phi) is 5.90. The van der Waals surface area contributed by atoms with Crippen LogP contribution < -0.4 is 4.72 Å². The molecule has 0 aliphatic carbocycles. The summed E-state index contributed by atoms with van der Waals surface area (Å²) in [5.41, 5.74) is 0.943. The van der Waals surface area contributed by atoms with Gasteiger partial charge < -0.3 is 4.74 Å². The fourth-order valence-corrected chi connectivity index (χ4v) is 2.20. The standard InChI is InChI=1S/C13H14N2O4S/c1-19-8-9-20(17,18)15-13(16)7-6-11-4-2-3-5-12(11)10-14/h2-7H,8-9H2,1H3,(H,15,16)/b7-6+. The van der Waals surface area contributed by atoms with Crippen molar-refractivity contribution in [3.05, 3.63) is 41.5 Å². The predicted molar refractivity (Wildman–Crippen MR) is 74.0 cm³/mol. The first-order valence-corrected chi connectivity index (χ1v) is 7.34. The summed E-state index contributed by atoms with van der Waals surface area (Å²) in [5, 5.41) is 8.87.